The molecule has 1 fully saturated rings. The van der Waals surface area contributed by atoms with Crippen molar-refractivity contribution in [2.45, 2.75) is 25.3 Å². The van der Waals surface area contributed by atoms with Gasteiger partial charge in [-0.15, -0.1) is 0 Å². The van der Waals surface area contributed by atoms with Crippen LogP contribution in [0.3, 0.4) is 0 Å². The van der Waals surface area contributed by atoms with Gasteiger partial charge < -0.3 is 19.9 Å². The maximum Gasteiger partial charge on any atom is 0.307 e. The molecule has 0 spiro atoms. The molecule has 0 aromatic heterocycles. The van der Waals surface area contributed by atoms with Crippen LogP contribution in [-0.4, -0.2) is 30.8 Å². The second-order valence-electron chi connectivity index (χ2n) is 5.71. The van der Waals surface area contributed by atoms with E-state index in [0.717, 1.165) is 6.92 Å². The third-order valence-electron chi connectivity index (χ3n) is 4.03. The van der Waals surface area contributed by atoms with E-state index in [4.69, 9.17) is 14.6 Å². The first-order valence-electron chi connectivity index (χ1n) is 7.14. The van der Waals surface area contributed by atoms with Gasteiger partial charge in [0.15, 0.2) is 11.5 Å². The molecule has 7 heteroatoms. The van der Waals surface area contributed by atoms with Crippen molar-refractivity contribution in [3.05, 3.63) is 23.3 Å². The Bertz CT molecular complexity index is 600. The van der Waals surface area contributed by atoms with Crippen molar-refractivity contribution in [1.82, 2.24) is 5.32 Å². The summed E-state index contributed by atoms with van der Waals surface area (Å²) in [6.07, 6.45) is 0.337. The summed E-state index contributed by atoms with van der Waals surface area (Å²) in [7, 11) is 0. The summed E-state index contributed by atoms with van der Waals surface area (Å²) in [6, 6.07) is 2.34. The lowest BCUT2D eigenvalue weighted by Gasteiger charge is -2.26. The highest BCUT2D eigenvalue weighted by molar-refractivity contribution is 5.71. The van der Waals surface area contributed by atoms with Crippen LogP contribution in [0, 0.1) is 5.92 Å². The smallest absolute Gasteiger partial charge is 0.307 e. The van der Waals surface area contributed by atoms with Crippen LogP contribution in [0.1, 0.15) is 30.5 Å². The van der Waals surface area contributed by atoms with Crippen LogP contribution in [0.25, 0.3) is 0 Å². The summed E-state index contributed by atoms with van der Waals surface area (Å²) >= 11 is 0. The van der Waals surface area contributed by atoms with Crippen molar-refractivity contribution >= 4 is 5.97 Å². The van der Waals surface area contributed by atoms with Gasteiger partial charge in [0.2, 0.25) is 0 Å². The Morgan fingerprint density at radius 1 is 1.36 bits per heavy atom. The zero-order valence-corrected chi connectivity index (χ0v) is 12.1. The highest BCUT2D eigenvalue weighted by Crippen LogP contribution is 2.44. The third-order valence-corrected chi connectivity index (χ3v) is 4.03. The molecule has 1 saturated heterocycles. The van der Waals surface area contributed by atoms with Gasteiger partial charge in [0.25, 0.3) is 5.92 Å². The van der Waals surface area contributed by atoms with Crippen molar-refractivity contribution in [2.75, 3.05) is 19.8 Å². The molecule has 0 amide bonds. The van der Waals surface area contributed by atoms with E-state index in [2.05, 4.69) is 5.32 Å². The van der Waals surface area contributed by atoms with Gasteiger partial charge in [-0.05, 0) is 18.6 Å². The average molecular weight is 313 g/mol. The van der Waals surface area contributed by atoms with Crippen LogP contribution >= 0.6 is 0 Å². The first-order chi connectivity index (χ1) is 10.4. The first kappa shape index (κ1) is 15.0. The fourth-order valence-corrected chi connectivity index (χ4v) is 2.85. The number of hydrogen-bond acceptors (Lipinski definition) is 4. The molecule has 1 aromatic rings. The maximum atomic E-state index is 13.7. The van der Waals surface area contributed by atoms with Crippen molar-refractivity contribution in [3.63, 3.8) is 0 Å². The van der Waals surface area contributed by atoms with E-state index in [-0.39, 0.29) is 11.6 Å². The Morgan fingerprint density at radius 2 is 2.09 bits per heavy atom. The van der Waals surface area contributed by atoms with E-state index in [1.165, 1.54) is 12.1 Å². The molecule has 2 unspecified atom stereocenters. The lowest BCUT2D eigenvalue weighted by Crippen LogP contribution is -2.22. The van der Waals surface area contributed by atoms with E-state index in [0.29, 0.717) is 43.2 Å². The minimum absolute atomic E-state index is 0.160. The molecule has 0 aliphatic carbocycles. The predicted octanol–water partition coefficient (Wildman–Crippen LogP) is 2.30. The number of nitrogens with one attached hydrogen (secondary N) is 1. The summed E-state index contributed by atoms with van der Waals surface area (Å²) in [5, 5.41) is 12.2. The molecule has 0 radical (unpaired) electrons. The Labute approximate surface area is 126 Å². The molecule has 22 heavy (non-hydrogen) atoms. The Hall–Kier alpha value is -1.89. The van der Waals surface area contributed by atoms with E-state index < -0.39 is 17.8 Å². The van der Waals surface area contributed by atoms with E-state index >= 15 is 0 Å². The number of benzene rings is 1. The number of carbonyl (C=O) groups is 1. The SMILES string of the molecule is CC(F)(F)c1cc2c(c(C3CC(C(=O)O)CN3)c1)OCCO2. The van der Waals surface area contributed by atoms with Gasteiger partial charge in [0, 0.05) is 30.6 Å². The van der Waals surface area contributed by atoms with Gasteiger partial charge in [-0.25, -0.2) is 8.78 Å². The molecular formula is C15H17F2NO4. The van der Waals surface area contributed by atoms with Gasteiger partial charge in [0.05, 0.1) is 5.92 Å². The second-order valence-corrected chi connectivity index (χ2v) is 5.71. The van der Waals surface area contributed by atoms with Crippen molar-refractivity contribution in [3.8, 4) is 11.5 Å². The molecule has 3 rings (SSSR count). The summed E-state index contributed by atoms with van der Waals surface area (Å²) in [5.41, 5.74) is 0.379. The number of halogens is 2. The zero-order chi connectivity index (χ0) is 15.9. The van der Waals surface area contributed by atoms with Crippen LogP contribution in [0.5, 0.6) is 11.5 Å². The average Bonchev–Trinajstić information content (AvgIpc) is 2.95. The number of fused-ring (bicyclic) bond motifs is 1. The fourth-order valence-electron chi connectivity index (χ4n) is 2.85. The van der Waals surface area contributed by atoms with Gasteiger partial charge in [0.1, 0.15) is 13.2 Å². The van der Waals surface area contributed by atoms with Crippen LogP contribution in [0.2, 0.25) is 0 Å². The van der Waals surface area contributed by atoms with Crippen molar-refractivity contribution in [1.29, 1.82) is 0 Å². The third kappa shape index (κ3) is 2.72. The summed E-state index contributed by atoms with van der Waals surface area (Å²) in [5.74, 6) is -3.70. The van der Waals surface area contributed by atoms with Gasteiger partial charge in [-0.1, -0.05) is 0 Å². The molecule has 2 aliphatic heterocycles. The molecule has 2 aliphatic rings. The Morgan fingerprint density at radius 3 is 2.73 bits per heavy atom. The van der Waals surface area contributed by atoms with Gasteiger partial charge >= 0.3 is 5.97 Å². The van der Waals surface area contributed by atoms with Gasteiger partial charge in [-0.3, -0.25) is 4.79 Å². The number of alkyl halides is 2. The monoisotopic (exact) mass is 313 g/mol. The quantitative estimate of drug-likeness (QED) is 0.896. The number of rotatable bonds is 3. The molecule has 1 aromatic carbocycles. The number of carboxylic acids is 1. The number of aliphatic carboxylic acids is 1. The van der Waals surface area contributed by atoms with Crippen LogP contribution in [-0.2, 0) is 10.7 Å². The first-order valence-corrected chi connectivity index (χ1v) is 7.14. The molecule has 2 atom stereocenters. The Balaban J connectivity index is 2.00. The summed E-state index contributed by atoms with van der Waals surface area (Å²) < 4.78 is 38.4. The topological polar surface area (TPSA) is 67.8 Å². The van der Waals surface area contributed by atoms with Crippen molar-refractivity contribution < 1.29 is 28.2 Å². The number of carboxylic acid groups (broad SMARTS) is 1. The predicted molar refractivity (Wildman–Crippen MR) is 73.5 cm³/mol. The molecule has 2 heterocycles. The number of hydrogen-bond donors (Lipinski definition) is 2. The summed E-state index contributed by atoms with van der Waals surface area (Å²) in [6.45, 7) is 1.78. The van der Waals surface area contributed by atoms with Crippen LogP contribution in [0.15, 0.2) is 12.1 Å². The highest BCUT2D eigenvalue weighted by Gasteiger charge is 2.35. The zero-order valence-electron chi connectivity index (χ0n) is 12.1. The largest absolute Gasteiger partial charge is 0.486 e. The molecule has 0 saturated carbocycles. The fraction of sp³-hybridized carbons (Fsp3) is 0.533. The van der Waals surface area contributed by atoms with Crippen LogP contribution < -0.4 is 14.8 Å². The van der Waals surface area contributed by atoms with Gasteiger partial charge in [-0.2, -0.15) is 0 Å². The normalized spacial score (nSPS) is 24.3. The molecule has 2 N–H and O–H groups in total. The van der Waals surface area contributed by atoms with E-state index in [1.54, 1.807) is 0 Å². The highest BCUT2D eigenvalue weighted by atomic mass is 19.3. The molecule has 0 bridgehead atoms. The molecule has 5 nitrogen and oxygen atoms in total. The Kier molecular flexibility index (Phi) is 3.68. The van der Waals surface area contributed by atoms with Crippen LogP contribution in [0.4, 0.5) is 8.78 Å². The standard InChI is InChI=1S/C15H17F2NO4/c1-15(16,17)9-5-10(11-4-8(7-18-11)14(19)20)13-12(6-9)21-2-3-22-13/h5-6,8,11,18H,2-4,7H2,1H3,(H,19,20). The van der Waals surface area contributed by atoms with Crippen molar-refractivity contribution in [2.24, 2.45) is 5.92 Å². The minimum atomic E-state index is -3.00. The maximum absolute atomic E-state index is 13.7. The number of ether oxygens (including phenoxy) is 2. The molecule has 120 valence electrons. The lowest BCUT2D eigenvalue weighted by atomic mass is 9.95. The second kappa shape index (κ2) is 5.39. The minimum Gasteiger partial charge on any atom is -0.486 e. The van der Waals surface area contributed by atoms with E-state index in [1.807, 2.05) is 0 Å². The molecular weight excluding hydrogens is 296 g/mol. The lowest BCUT2D eigenvalue weighted by molar-refractivity contribution is -0.141. The van der Waals surface area contributed by atoms with E-state index in [9.17, 15) is 13.6 Å². The summed E-state index contributed by atoms with van der Waals surface area (Å²) in [4.78, 5) is 11.1.